The van der Waals surface area contributed by atoms with Crippen LogP contribution in [-0.2, 0) is 26.0 Å². The van der Waals surface area contributed by atoms with Crippen LogP contribution < -0.4 is 16.0 Å². The molecule has 1 aromatic carbocycles. The number of carbonyl (C=O) groups is 2. The number of hydrogen-bond donors (Lipinski definition) is 2. The molecule has 204 valence electrons. The topological polar surface area (TPSA) is 154 Å². The fourth-order valence-electron chi connectivity index (χ4n) is 4.22. The van der Waals surface area contributed by atoms with Crippen molar-refractivity contribution in [2.24, 2.45) is 5.14 Å². The smallest absolute Gasteiger partial charge is 0.409 e. The van der Waals surface area contributed by atoms with E-state index in [1.54, 1.807) is 34.6 Å². The number of rotatable bonds is 9. The Morgan fingerprint density at radius 1 is 1.21 bits per heavy atom. The number of benzene rings is 1. The van der Waals surface area contributed by atoms with Crippen molar-refractivity contribution < 1.29 is 22.7 Å². The van der Waals surface area contributed by atoms with Gasteiger partial charge in [0.2, 0.25) is 15.9 Å². The summed E-state index contributed by atoms with van der Waals surface area (Å²) in [4.78, 5) is 44.3. The summed E-state index contributed by atoms with van der Waals surface area (Å²) in [6, 6.07) is 7.84. The second-order valence-electron chi connectivity index (χ2n) is 8.70. The molecule has 38 heavy (non-hydrogen) atoms. The summed E-state index contributed by atoms with van der Waals surface area (Å²) in [7, 11) is -3.75. The number of nitrogens with two attached hydrogens (primary N) is 1. The number of likely N-dealkylation sites (tertiary alicyclic amines) is 1. The number of ether oxygens (including phenoxy) is 1. The molecule has 3 heterocycles. The predicted octanol–water partition coefficient (Wildman–Crippen LogP) is 2.35. The molecule has 3 N–H and O–H groups in total. The van der Waals surface area contributed by atoms with Gasteiger partial charge in [-0.3, -0.25) is 14.2 Å². The average molecular weight is 580 g/mol. The van der Waals surface area contributed by atoms with Gasteiger partial charge in [-0.25, -0.2) is 23.3 Å². The highest BCUT2D eigenvalue weighted by molar-refractivity contribution is 7.99. The van der Waals surface area contributed by atoms with Crippen LogP contribution in [0.4, 0.5) is 4.79 Å². The van der Waals surface area contributed by atoms with E-state index in [2.05, 4.69) is 10.3 Å². The summed E-state index contributed by atoms with van der Waals surface area (Å²) in [5.74, 6) is -0.131. The number of carbonyl (C=O) groups excluding carboxylic acids is 2. The highest BCUT2D eigenvalue weighted by Gasteiger charge is 2.28. The van der Waals surface area contributed by atoms with E-state index < -0.39 is 10.0 Å². The van der Waals surface area contributed by atoms with Gasteiger partial charge in [-0.2, -0.15) is 0 Å². The number of nitrogens with zero attached hydrogens (tertiary/aromatic N) is 3. The first-order chi connectivity index (χ1) is 18.2. The van der Waals surface area contributed by atoms with E-state index >= 15 is 0 Å². The van der Waals surface area contributed by atoms with Crippen molar-refractivity contribution in [1.29, 1.82) is 0 Å². The van der Waals surface area contributed by atoms with Crippen LogP contribution in [0.1, 0.15) is 31.4 Å². The van der Waals surface area contributed by atoms with Crippen molar-refractivity contribution in [3.63, 3.8) is 0 Å². The molecule has 1 aliphatic heterocycles. The lowest BCUT2D eigenvalue weighted by Gasteiger charge is -2.32. The van der Waals surface area contributed by atoms with Crippen molar-refractivity contribution in [3.05, 3.63) is 51.6 Å². The second-order valence-corrected chi connectivity index (χ2v) is 12.1. The first-order valence-electron chi connectivity index (χ1n) is 12.1. The number of aromatic nitrogens is 2. The number of primary sulfonamides is 1. The van der Waals surface area contributed by atoms with E-state index in [1.807, 2.05) is 5.38 Å². The fourth-order valence-corrected chi connectivity index (χ4v) is 6.40. The van der Waals surface area contributed by atoms with Crippen molar-refractivity contribution >= 4 is 55.3 Å². The highest BCUT2D eigenvalue weighted by atomic mass is 32.2. The zero-order chi connectivity index (χ0) is 27.3. The van der Waals surface area contributed by atoms with E-state index in [1.165, 1.54) is 35.2 Å². The van der Waals surface area contributed by atoms with Gasteiger partial charge in [0.05, 0.1) is 22.8 Å². The third-order valence-corrected chi connectivity index (χ3v) is 8.93. The maximum Gasteiger partial charge on any atom is 0.409 e. The van der Waals surface area contributed by atoms with Crippen LogP contribution in [0.15, 0.2) is 50.6 Å². The molecule has 4 rings (SSSR count). The van der Waals surface area contributed by atoms with Crippen LogP contribution in [0.2, 0.25) is 0 Å². The lowest BCUT2D eigenvalue weighted by Crippen LogP contribution is -2.41. The zero-order valence-corrected chi connectivity index (χ0v) is 23.2. The van der Waals surface area contributed by atoms with E-state index in [4.69, 9.17) is 9.88 Å². The molecule has 0 saturated carbocycles. The first kappa shape index (κ1) is 28.1. The van der Waals surface area contributed by atoms with Gasteiger partial charge in [0, 0.05) is 25.7 Å². The van der Waals surface area contributed by atoms with Crippen LogP contribution in [0.3, 0.4) is 0 Å². The summed E-state index contributed by atoms with van der Waals surface area (Å²) in [5, 5.41) is 10.3. The number of amides is 2. The Hall–Kier alpha value is -2.94. The van der Waals surface area contributed by atoms with Gasteiger partial charge in [0.15, 0.2) is 5.16 Å². The largest absolute Gasteiger partial charge is 0.450 e. The van der Waals surface area contributed by atoms with Crippen molar-refractivity contribution in [3.8, 4) is 0 Å². The average Bonchev–Trinajstić information content (AvgIpc) is 3.37. The molecule has 2 amide bonds. The van der Waals surface area contributed by atoms with E-state index in [9.17, 15) is 22.8 Å². The summed E-state index contributed by atoms with van der Waals surface area (Å²) < 4.78 is 30.1. The molecule has 1 aliphatic rings. The Kier molecular flexibility index (Phi) is 9.07. The second kappa shape index (κ2) is 12.3. The summed E-state index contributed by atoms with van der Waals surface area (Å²) in [5.41, 5.74) is 1.33. The summed E-state index contributed by atoms with van der Waals surface area (Å²) >= 11 is 2.55. The number of sulfonamides is 1. The lowest BCUT2D eigenvalue weighted by molar-refractivity contribution is -0.118. The number of hydrogen-bond acceptors (Lipinski definition) is 9. The monoisotopic (exact) mass is 579 g/mol. The van der Waals surface area contributed by atoms with Gasteiger partial charge in [0.1, 0.15) is 4.70 Å². The van der Waals surface area contributed by atoms with Crippen LogP contribution in [0.5, 0.6) is 0 Å². The quantitative estimate of drug-likeness (QED) is 0.289. The maximum absolute atomic E-state index is 13.4. The molecule has 1 fully saturated rings. The lowest BCUT2D eigenvalue weighted by atomic mass is 10.1. The summed E-state index contributed by atoms with van der Waals surface area (Å²) in [6.45, 7) is 3.39. The van der Waals surface area contributed by atoms with E-state index in [0.29, 0.717) is 60.9 Å². The van der Waals surface area contributed by atoms with Crippen molar-refractivity contribution in [2.75, 3.05) is 32.0 Å². The highest BCUT2D eigenvalue weighted by Crippen LogP contribution is 2.28. The molecule has 11 nitrogen and oxygen atoms in total. The molecule has 1 saturated heterocycles. The number of thiophene rings is 1. The van der Waals surface area contributed by atoms with E-state index in [-0.39, 0.29) is 34.2 Å². The molecule has 0 unspecified atom stereocenters. The molecule has 14 heteroatoms. The first-order valence-corrected chi connectivity index (χ1v) is 15.5. The number of nitrogens with one attached hydrogen (secondary N) is 1. The molecule has 0 radical (unpaired) electrons. The Labute approximate surface area is 228 Å². The molecular weight excluding hydrogens is 550 g/mol. The van der Waals surface area contributed by atoms with Gasteiger partial charge in [-0.1, -0.05) is 23.9 Å². The molecule has 0 bridgehead atoms. The van der Waals surface area contributed by atoms with Crippen LogP contribution in [0, 0.1) is 0 Å². The Balaban J connectivity index is 1.38. The SMILES string of the molecule is CCOC(=O)N1CCC(n2c(SCC(=O)NCCc3ccc(S(N)(=O)=O)cc3)nc3ccsc3c2=O)CC1. The number of piperidine rings is 1. The molecule has 0 spiro atoms. The predicted molar refractivity (Wildman–Crippen MR) is 146 cm³/mol. The van der Waals surface area contributed by atoms with Crippen molar-refractivity contribution in [2.45, 2.75) is 42.3 Å². The third kappa shape index (κ3) is 6.73. The Morgan fingerprint density at radius 3 is 2.58 bits per heavy atom. The minimum Gasteiger partial charge on any atom is -0.450 e. The van der Waals surface area contributed by atoms with Gasteiger partial charge < -0.3 is 15.0 Å². The molecule has 3 aromatic rings. The van der Waals surface area contributed by atoms with Gasteiger partial charge in [-0.05, 0) is 55.3 Å². The zero-order valence-electron chi connectivity index (χ0n) is 20.8. The Bertz CT molecular complexity index is 1460. The normalized spacial score (nSPS) is 14.5. The van der Waals surface area contributed by atoms with Gasteiger partial charge >= 0.3 is 6.09 Å². The maximum atomic E-state index is 13.4. The van der Waals surface area contributed by atoms with Crippen LogP contribution in [0.25, 0.3) is 10.2 Å². The van der Waals surface area contributed by atoms with Crippen molar-refractivity contribution in [1.82, 2.24) is 19.8 Å². The summed E-state index contributed by atoms with van der Waals surface area (Å²) in [6.07, 6.45) is 1.34. The fraction of sp³-hybridized carbons (Fsp3) is 0.417. The minimum absolute atomic E-state index is 0.0365. The van der Waals surface area contributed by atoms with Gasteiger partial charge in [-0.15, -0.1) is 11.3 Å². The standard InChI is InChI=1S/C24H29N5O6S3/c1-2-35-24(32)28-12-8-17(9-13-28)29-22(31)21-19(10-14-36-21)27-23(29)37-15-20(30)26-11-7-16-3-5-18(6-4-16)38(25,33)34/h3-6,10,14,17H,2,7-9,11-13,15H2,1H3,(H,26,30)(H2,25,33,34). The number of fused-ring (bicyclic) bond motifs is 1. The molecule has 2 aromatic heterocycles. The molecule has 0 atom stereocenters. The van der Waals surface area contributed by atoms with Gasteiger partial charge in [0.25, 0.3) is 5.56 Å². The third-order valence-electron chi connectivity index (χ3n) is 6.16. The Morgan fingerprint density at radius 2 is 1.92 bits per heavy atom. The molecular formula is C24H29N5O6S3. The van der Waals surface area contributed by atoms with Crippen LogP contribution in [-0.4, -0.2) is 66.9 Å². The van der Waals surface area contributed by atoms with E-state index in [0.717, 1.165) is 5.56 Å². The minimum atomic E-state index is -3.75. The molecule has 0 aliphatic carbocycles. The van der Waals surface area contributed by atoms with Crippen LogP contribution >= 0.6 is 23.1 Å². The number of thioether (sulfide) groups is 1.